The van der Waals surface area contributed by atoms with Crippen LogP contribution in [0.25, 0.3) is 10.9 Å². The number of halogens is 1. The lowest BCUT2D eigenvalue weighted by Gasteiger charge is -2.06. The number of benzene rings is 1. The predicted molar refractivity (Wildman–Crippen MR) is 57.7 cm³/mol. The minimum Gasteiger partial charge on any atom is -0.480 e. The molecule has 0 unspecified atom stereocenters. The van der Waals surface area contributed by atoms with E-state index < -0.39 is 0 Å². The fraction of sp³-hybridized carbons (Fsp3) is 0.200. The van der Waals surface area contributed by atoms with Crippen LogP contribution in [-0.2, 0) is 0 Å². The number of nitrogens with zero attached hydrogens (tertiary/aromatic N) is 2. The lowest BCUT2D eigenvalue weighted by atomic mass is 10.2. The first-order chi connectivity index (χ1) is 7.26. The molecule has 0 fully saturated rings. The Hall–Kier alpha value is -1.55. The molecule has 0 atom stereocenters. The van der Waals surface area contributed by atoms with Crippen molar-refractivity contribution < 1.29 is 9.47 Å². The van der Waals surface area contributed by atoms with Gasteiger partial charge in [-0.1, -0.05) is 17.7 Å². The highest BCUT2D eigenvalue weighted by molar-refractivity contribution is 6.35. The SMILES string of the molecule is COc1nc(OC)c2cccc(Cl)c2n1. The summed E-state index contributed by atoms with van der Waals surface area (Å²) in [6.07, 6.45) is 0. The van der Waals surface area contributed by atoms with Crippen LogP contribution in [0.4, 0.5) is 0 Å². The van der Waals surface area contributed by atoms with E-state index in [2.05, 4.69) is 9.97 Å². The van der Waals surface area contributed by atoms with Crippen molar-refractivity contribution in [1.29, 1.82) is 0 Å². The molecule has 0 N–H and O–H groups in total. The molecule has 0 aliphatic carbocycles. The Morgan fingerprint density at radius 3 is 2.60 bits per heavy atom. The Kier molecular flexibility index (Phi) is 2.60. The van der Waals surface area contributed by atoms with Crippen molar-refractivity contribution in [2.45, 2.75) is 0 Å². The fourth-order valence-corrected chi connectivity index (χ4v) is 1.53. The van der Waals surface area contributed by atoms with Gasteiger partial charge >= 0.3 is 6.01 Å². The zero-order valence-corrected chi connectivity index (χ0v) is 9.08. The van der Waals surface area contributed by atoms with Crippen LogP contribution in [0.2, 0.25) is 5.02 Å². The maximum absolute atomic E-state index is 6.01. The van der Waals surface area contributed by atoms with Gasteiger partial charge in [0.2, 0.25) is 5.88 Å². The maximum Gasteiger partial charge on any atom is 0.320 e. The Labute approximate surface area is 91.8 Å². The van der Waals surface area contributed by atoms with Crippen LogP contribution < -0.4 is 9.47 Å². The Morgan fingerprint density at radius 2 is 1.93 bits per heavy atom. The van der Waals surface area contributed by atoms with Crippen molar-refractivity contribution in [2.24, 2.45) is 0 Å². The van der Waals surface area contributed by atoms with Crippen molar-refractivity contribution >= 4 is 22.5 Å². The average Bonchev–Trinajstić information content (AvgIpc) is 2.28. The number of rotatable bonds is 2. The van der Waals surface area contributed by atoms with E-state index in [1.807, 2.05) is 12.1 Å². The Morgan fingerprint density at radius 1 is 1.13 bits per heavy atom. The molecule has 0 saturated carbocycles. The second kappa shape index (κ2) is 3.90. The number of methoxy groups -OCH3 is 2. The van der Waals surface area contributed by atoms with Gasteiger partial charge in [-0.2, -0.15) is 9.97 Å². The van der Waals surface area contributed by atoms with Crippen molar-refractivity contribution in [2.75, 3.05) is 14.2 Å². The quantitative estimate of drug-likeness (QED) is 0.785. The van der Waals surface area contributed by atoms with Gasteiger partial charge in [0, 0.05) is 0 Å². The third-order valence-corrected chi connectivity index (χ3v) is 2.30. The minimum atomic E-state index is 0.243. The monoisotopic (exact) mass is 224 g/mol. The first-order valence-corrected chi connectivity index (χ1v) is 4.68. The number of para-hydroxylation sites is 1. The number of hydrogen-bond acceptors (Lipinski definition) is 4. The molecule has 0 aliphatic rings. The number of hydrogen-bond donors (Lipinski definition) is 0. The molecule has 78 valence electrons. The highest BCUT2D eigenvalue weighted by atomic mass is 35.5. The summed E-state index contributed by atoms with van der Waals surface area (Å²) in [6, 6.07) is 5.67. The van der Waals surface area contributed by atoms with Crippen LogP contribution in [0.1, 0.15) is 0 Å². The van der Waals surface area contributed by atoms with Crippen LogP contribution in [0, 0.1) is 0 Å². The van der Waals surface area contributed by atoms with Crippen molar-refractivity contribution in [3.63, 3.8) is 0 Å². The molecule has 0 saturated heterocycles. The molecular weight excluding hydrogens is 216 g/mol. The van der Waals surface area contributed by atoms with E-state index >= 15 is 0 Å². The molecule has 15 heavy (non-hydrogen) atoms. The van der Waals surface area contributed by atoms with Crippen LogP contribution >= 0.6 is 11.6 Å². The molecule has 0 amide bonds. The first kappa shape index (κ1) is 9.98. The summed E-state index contributed by atoms with van der Waals surface area (Å²) < 4.78 is 10.1. The second-order valence-electron chi connectivity index (χ2n) is 2.86. The van der Waals surface area contributed by atoms with E-state index in [4.69, 9.17) is 21.1 Å². The second-order valence-corrected chi connectivity index (χ2v) is 3.26. The van der Waals surface area contributed by atoms with Crippen LogP contribution in [-0.4, -0.2) is 24.2 Å². The van der Waals surface area contributed by atoms with Gasteiger partial charge < -0.3 is 9.47 Å². The van der Waals surface area contributed by atoms with Gasteiger partial charge in [0.25, 0.3) is 0 Å². The smallest absolute Gasteiger partial charge is 0.320 e. The van der Waals surface area contributed by atoms with Gasteiger partial charge in [-0.05, 0) is 12.1 Å². The molecule has 0 radical (unpaired) electrons. The maximum atomic E-state index is 6.01. The molecule has 4 nitrogen and oxygen atoms in total. The lowest BCUT2D eigenvalue weighted by molar-refractivity contribution is 0.357. The van der Waals surface area contributed by atoms with Crippen LogP contribution in [0.5, 0.6) is 11.9 Å². The van der Waals surface area contributed by atoms with Crippen molar-refractivity contribution in [3.05, 3.63) is 23.2 Å². The average molecular weight is 225 g/mol. The molecule has 0 bridgehead atoms. The summed E-state index contributed by atoms with van der Waals surface area (Å²) in [5.74, 6) is 0.458. The number of fused-ring (bicyclic) bond motifs is 1. The van der Waals surface area contributed by atoms with Gasteiger partial charge in [-0.25, -0.2) is 0 Å². The number of aromatic nitrogens is 2. The standard InChI is InChI=1S/C10H9ClN2O2/c1-14-9-6-4-3-5-7(11)8(6)12-10(13-9)15-2/h3-5H,1-2H3. The van der Waals surface area contributed by atoms with Crippen LogP contribution in [0.3, 0.4) is 0 Å². The molecular formula is C10H9ClN2O2. The van der Waals surface area contributed by atoms with E-state index in [1.165, 1.54) is 7.11 Å². The van der Waals surface area contributed by atoms with Crippen molar-refractivity contribution in [1.82, 2.24) is 9.97 Å². The van der Waals surface area contributed by atoms with Gasteiger partial charge in [0.1, 0.15) is 0 Å². The highest BCUT2D eigenvalue weighted by Gasteiger charge is 2.10. The summed E-state index contributed by atoms with van der Waals surface area (Å²) in [6.45, 7) is 0. The van der Waals surface area contributed by atoms with Gasteiger partial charge in [-0.3, -0.25) is 0 Å². The summed E-state index contributed by atoms with van der Waals surface area (Å²) >= 11 is 6.01. The van der Waals surface area contributed by atoms with E-state index in [0.29, 0.717) is 16.4 Å². The molecule has 0 aliphatic heterocycles. The predicted octanol–water partition coefficient (Wildman–Crippen LogP) is 2.30. The molecule has 2 aromatic rings. The van der Waals surface area contributed by atoms with Crippen LogP contribution in [0.15, 0.2) is 18.2 Å². The molecule has 0 spiro atoms. The van der Waals surface area contributed by atoms with Crippen molar-refractivity contribution in [3.8, 4) is 11.9 Å². The summed E-state index contributed by atoms with van der Waals surface area (Å²) in [5.41, 5.74) is 0.628. The minimum absolute atomic E-state index is 0.243. The van der Waals surface area contributed by atoms with E-state index in [9.17, 15) is 0 Å². The Balaban J connectivity index is 2.80. The first-order valence-electron chi connectivity index (χ1n) is 4.30. The lowest BCUT2D eigenvalue weighted by Crippen LogP contribution is -1.97. The van der Waals surface area contributed by atoms with Gasteiger partial charge in [0.05, 0.1) is 30.1 Å². The third kappa shape index (κ3) is 1.68. The summed E-state index contributed by atoms with van der Waals surface area (Å²) in [7, 11) is 3.04. The highest BCUT2D eigenvalue weighted by Crippen LogP contribution is 2.29. The molecule has 1 aromatic carbocycles. The topological polar surface area (TPSA) is 44.2 Å². The van der Waals surface area contributed by atoms with E-state index in [-0.39, 0.29) is 6.01 Å². The largest absolute Gasteiger partial charge is 0.480 e. The zero-order valence-electron chi connectivity index (χ0n) is 8.32. The summed E-state index contributed by atoms with van der Waals surface area (Å²) in [4.78, 5) is 8.22. The molecule has 2 rings (SSSR count). The Bertz CT molecular complexity index is 502. The number of ether oxygens (including phenoxy) is 2. The molecule has 5 heteroatoms. The van der Waals surface area contributed by atoms with E-state index in [1.54, 1.807) is 13.2 Å². The zero-order chi connectivity index (χ0) is 10.8. The molecule has 1 heterocycles. The summed E-state index contributed by atoms with van der Waals surface area (Å²) in [5, 5.41) is 1.32. The third-order valence-electron chi connectivity index (χ3n) is 2.00. The van der Waals surface area contributed by atoms with E-state index in [0.717, 1.165) is 5.39 Å². The fourth-order valence-electron chi connectivity index (χ4n) is 1.32. The molecule has 1 aromatic heterocycles. The normalized spacial score (nSPS) is 10.3. The van der Waals surface area contributed by atoms with Gasteiger partial charge in [-0.15, -0.1) is 0 Å². The van der Waals surface area contributed by atoms with Gasteiger partial charge in [0.15, 0.2) is 0 Å².